The van der Waals surface area contributed by atoms with E-state index in [1.54, 1.807) is 50.4 Å². The lowest BCUT2D eigenvalue weighted by atomic mass is 9.72. The third-order valence-electron chi connectivity index (χ3n) is 6.20. The molecule has 5 heteroatoms. The van der Waals surface area contributed by atoms with E-state index in [0.29, 0.717) is 22.6 Å². The molecular formula is C28H31ClFNO2. The Hall–Kier alpha value is -2.85. The summed E-state index contributed by atoms with van der Waals surface area (Å²) in [5.41, 5.74) is 4.47. The number of carbonyl (C=O) groups is 1. The van der Waals surface area contributed by atoms with Crippen molar-refractivity contribution in [2.45, 2.75) is 47.0 Å². The second kappa shape index (κ2) is 10.4. The summed E-state index contributed by atoms with van der Waals surface area (Å²) in [4.78, 5) is 12.6. The third kappa shape index (κ3) is 5.94. The summed E-state index contributed by atoms with van der Waals surface area (Å²) in [5, 5.41) is 2.99. The zero-order valence-corrected chi connectivity index (χ0v) is 20.6. The molecule has 0 aliphatic heterocycles. The number of hydrogen-bond acceptors (Lipinski definition) is 2. The number of carbonyl (C=O) groups excluding carboxylic acids is 1. The van der Waals surface area contributed by atoms with Crippen molar-refractivity contribution in [1.82, 2.24) is 0 Å². The Morgan fingerprint density at radius 2 is 1.88 bits per heavy atom. The second-order valence-electron chi connectivity index (χ2n) is 9.14. The van der Waals surface area contributed by atoms with Gasteiger partial charge in [0.15, 0.2) is 0 Å². The van der Waals surface area contributed by atoms with Crippen molar-refractivity contribution in [3.8, 4) is 5.75 Å². The monoisotopic (exact) mass is 467 g/mol. The highest BCUT2D eigenvalue weighted by Crippen LogP contribution is 2.41. The SMILES string of the molecule is COc1ccc(NC(=O)c2ccc(/C(F)=C(C)/C=C/C3=C(C)CCCC3(C)C)c(Cl)c2)cc1. The van der Waals surface area contributed by atoms with E-state index in [-0.39, 0.29) is 21.9 Å². The minimum absolute atomic E-state index is 0.0894. The molecule has 2 aromatic carbocycles. The quantitative estimate of drug-likeness (QED) is 0.433. The van der Waals surface area contributed by atoms with Gasteiger partial charge in [0.05, 0.1) is 12.1 Å². The first kappa shape index (κ1) is 24.8. The largest absolute Gasteiger partial charge is 0.497 e. The van der Waals surface area contributed by atoms with Crippen LogP contribution in [0.25, 0.3) is 5.83 Å². The number of ether oxygens (including phenoxy) is 1. The molecule has 0 radical (unpaired) electrons. The van der Waals surface area contributed by atoms with Crippen LogP contribution in [0.1, 0.15) is 62.9 Å². The predicted octanol–water partition coefficient (Wildman–Crippen LogP) is 8.38. The molecule has 0 aromatic heterocycles. The van der Waals surface area contributed by atoms with Gasteiger partial charge in [-0.3, -0.25) is 4.79 Å². The van der Waals surface area contributed by atoms with Crippen LogP contribution in [0.3, 0.4) is 0 Å². The molecular weight excluding hydrogens is 437 g/mol. The van der Waals surface area contributed by atoms with Crippen molar-refractivity contribution >= 4 is 29.0 Å². The summed E-state index contributed by atoms with van der Waals surface area (Å²) >= 11 is 6.37. The first-order valence-electron chi connectivity index (χ1n) is 11.1. The summed E-state index contributed by atoms with van der Waals surface area (Å²) in [6.07, 6.45) is 7.25. The van der Waals surface area contributed by atoms with Gasteiger partial charge in [0.1, 0.15) is 11.6 Å². The molecule has 0 saturated carbocycles. The van der Waals surface area contributed by atoms with Gasteiger partial charge in [0, 0.05) is 16.8 Å². The molecule has 3 rings (SSSR count). The maximum Gasteiger partial charge on any atom is 0.255 e. The van der Waals surface area contributed by atoms with Crippen LogP contribution >= 0.6 is 11.6 Å². The first-order valence-corrected chi connectivity index (χ1v) is 11.5. The zero-order valence-electron chi connectivity index (χ0n) is 19.9. The zero-order chi connectivity index (χ0) is 24.2. The summed E-state index contributed by atoms with van der Waals surface area (Å²) < 4.78 is 20.3. The Kier molecular flexibility index (Phi) is 7.80. The van der Waals surface area contributed by atoms with Crippen molar-refractivity contribution in [2.24, 2.45) is 5.41 Å². The van der Waals surface area contributed by atoms with E-state index in [1.807, 2.05) is 12.2 Å². The second-order valence-corrected chi connectivity index (χ2v) is 9.55. The molecule has 0 spiro atoms. The Labute approximate surface area is 201 Å². The molecule has 1 aliphatic carbocycles. The fourth-order valence-electron chi connectivity index (χ4n) is 4.22. The molecule has 2 aromatic rings. The van der Waals surface area contributed by atoms with Crippen LogP contribution in [-0.4, -0.2) is 13.0 Å². The van der Waals surface area contributed by atoms with Crippen LogP contribution < -0.4 is 10.1 Å². The molecule has 33 heavy (non-hydrogen) atoms. The Bertz CT molecular complexity index is 1130. The average Bonchev–Trinajstić information content (AvgIpc) is 2.78. The molecule has 0 atom stereocenters. The molecule has 0 unspecified atom stereocenters. The van der Waals surface area contributed by atoms with Crippen molar-refractivity contribution in [2.75, 3.05) is 12.4 Å². The number of anilines is 1. The molecule has 0 fully saturated rings. The number of rotatable bonds is 6. The lowest BCUT2D eigenvalue weighted by molar-refractivity contribution is 0.102. The number of nitrogens with one attached hydrogen (secondary N) is 1. The summed E-state index contributed by atoms with van der Waals surface area (Å²) in [6, 6.07) is 11.6. The van der Waals surface area contributed by atoms with Gasteiger partial charge in [0.2, 0.25) is 0 Å². The normalized spacial score (nSPS) is 16.6. The fourth-order valence-corrected chi connectivity index (χ4v) is 4.48. The maximum absolute atomic E-state index is 15.2. The van der Waals surface area contributed by atoms with Crippen LogP contribution in [0, 0.1) is 5.41 Å². The Morgan fingerprint density at radius 3 is 2.48 bits per heavy atom. The van der Waals surface area contributed by atoms with Crippen LogP contribution in [-0.2, 0) is 0 Å². The van der Waals surface area contributed by atoms with Gasteiger partial charge in [-0.15, -0.1) is 0 Å². The van der Waals surface area contributed by atoms with Gasteiger partial charge in [-0.05, 0) is 92.1 Å². The molecule has 0 heterocycles. The van der Waals surface area contributed by atoms with Gasteiger partial charge in [0.25, 0.3) is 5.91 Å². The van der Waals surface area contributed by atoms with Crippen LogP contribution in [0.5, 0.6) is 5.75 Å². The first-order chi connectivity index (χ1) is 15.6. The minimum Gasteiger partial charge on any atom is -0.497 e. The number of methoxy groups -OCH3 is 1. The third-order valence-corrected chi connectivity index (χ3v) is 6.52. The van der Waals surface area contributed by atoms with Gasteiger partial charge in [-0.2, -0.15) is 0 Å². The van der Waals surface area contributed by atoms with Crippen LogP contribution in [0.15, 0.2) is 71.3 Å². The van der Waals surface area contributed by atoms with Gasteiger partial charge in [-0.1, -0.05) is 43.2 Å². The van der Waals surface area contributed by atoms with Crippen molar-refractivity contribution in [3.05, 3.63) is 87.5 Å². The number of hydrogen-bond donors (Lipinski definition) is 1. The smallest absolute Gasteiger partial charge is 0.255 e. The molecule has 1 aliphatic rings. The maximum atomic E-state index is 15.2. The van der Waals surface area contributed by atoms with E-state index < -0.39 is 5.83 Å². The van der Waals surface area contributed by atoms with E-state index in [4.69, 9.17) is 16.3 Å². The summed E-state index contributed by atoms with van der Waals surface area (Å²) in [6.45, 7) is 8.36. The van der Waals surface area contributed by atoms with Crippen molar-refractivity contribution < 1.29 is 13.9 Å². The summed E-state index contributed by atoms with van der Waals surface area (Å²) in [7, 11) is 1.58. The Morgan fingerprint density at radius 1 is 1.18 bits per heavy atom. The average molecular weight is 468 g/mol. The number of benzene rings is 2. The molecule has 174 valence electrons. The van der Waals surface area contributed by atoms with Crippen molar-refractivity contribution in [3.63, 3.8) is 0 Å². The number of halogens is 2. The van der Waals surface area contributed by atoms with Crippen molar-refractivity contribution in [1.29, 1.82) is 0 Å². The molecule has 1 N–H and O–H groups in total. The van der Waals surface area contributed by atoms with Gasteiger partial charge < -0.3 is 10.1 Å². The van der Waals surface area contributed by atoms with Gasteiger partial charge >= 0.3 is 0 Å². The topological polar surface area (TPSA) is 38.3 Å². The highest BCUT2D eigenvalue weighted by Gasteiger charge is 2.26. The van der Waals surface area contributed by atoms with E-state index in [1.165, 1.54) is 23.6 Å². The van der Waals surface area contributed by atoms with Crippen LogP contribution in [0.2, 0.25) is 5.02 Å². The highest BCUT2D eigenvalue weighted by atomic mass is 35.5. The van der Waals surface area contributed by atoms with E-state index in [2.05, 4.69) is 26.1 Å². The predicted molar refractivity (Wildman–Crippen MR) is 136 cm³/mol. The lowest BCUT2D eigenvalue weighted by Crippen LogP contribution is -2.19. The van der Waals surface area contributed by atoms with E-state index in [0.717, 1.165) is 12.8 Å². The molecule has 0 bridgehead atoms. The standard InChI is InChI=1S/C28H31ClFNO2/c1-18-7-6-16-28(3,4)24(18)15-8-19(2)26(30)23-14-9-20(17-25(23)29)27(32)31-21-10-12-22(33-5)13-11-21/h8-15,17H,6-7,16H2,1-5H3,(H,31,32)/b15-8+,26-19-. The fraction of sp³-hybridized carbons (Fsp3) is 0.321. The molecule has 0 saturated heterocycles. The Balaban J connectivity index is 1.79. The summed E-state index contributed by atoms with van der Waals surface area (Å²) in [5.74, 6) is -0.0209. The van der Waals surface area contributed by atoms with E-state index >= 15 is 4.39 Å². The number of amides is 1. The van der Waals surface area contributed by atoms with Gasteiger partial charge in [-0.25, -0.2) is 4.39 Å². The van der Waals surface area contributed by atoms with Crippen LogP contribution in [0.4, 0.5) is 10.1 Å². The van der Waals surface area contributed by atoms with E-state index in [9.17, 15) is 4.79 Å². The minimum atomic E-state index is -0.398. The highest BCUT2D eigenvalue weighted by molar-refractivity contribution is 6.32. The molecule has 1 amide bonds. The molecule has 3 nitrogen and oxygen atoms in total. The number of allylic oxidation sites excluding steroid dienone is 5. The lowest BCUT2D eigenvalue weighted by Gasteiger charge is -2.33.